The van der Waals surface area contributed by atoms with Crippen molar-refractivity contribution in [1.29, 1.82) is 0 Å². The molecule has 11 heteroatoms. The third-order valence-electron chi connectivity index (χ3n) is 4.58. The molecule has 1 amide bonds. The quantitative estimate of drug-likeness (QED) is 0.678. The lowest BCUT2D eigenvalue weighted by molar-refractivity contribution is 0.0941. The van der Waals surface area contributed by atoms with Crippen molar-refractivity contribution in [1.82, 2.24) is 10.0 Å². The molecule has 1 aromatic rings. The minimum absolute atomic E-state index is 0.00478. The molecule has 8 nitrogen and oxygen atoms in total. The molecule has 0 aromatic heterocycles. The summed E-state index contributed by atoms with van der Waals surface area (Å²) in [5.41, 5.74) is 0.0983. The third kappa shape index (κ3) is 5.20. The molecule has 0 bridgehead atoms. The lowest BCUT2D eigenvalue weighted by Gasteiger charge is -2.14. The molecule has 2 N–H and O–H groups in total. The second-order valence-corrected chi connectivity index (χ2v) is 11.1. The first kappa shape index (κ1) is 20.5. The van der Waals surface area contributed by atoms with Crippen LogP contribution in [0.4, 0.5) is 0 Å². The normalized spacial score (nSPS) is 24.8. The van der Waals surface area contributed by atoms with Crippen molar-refractivity contribution in [2.24, 2.45) is 0 Å². The number of nitrogens with one attached hydrogen (secondary N) is 2. The number of halogens is 1. The fraction of sp³-hybridized carbons (Fsp3) is 0.562. The van der Waals surface area contributed by atoms with Crippen molar-refractivity contribution in [3.05, 3.63) is 28.8 Å². The van der Waals surface area contributed by atoms with E-state index in [1.165, 1.54) is 18.2 Å². The summed E-state index contributed by atoms with van der Waals surface area (Å²) in [6.45, 7) is 0.745. The number of hydrogen-bond acceptors (Lipinski definition) is 6. The van der Waals surface area contributed by atoms with E-state index in [2.05, 4.69) is 10.0 Å². The van der Waals surface area contributed by atoms with E-state index in [0.717, 1.165) is 12.8 Å². The Hall–Kier alpha value is -1.20. The van der Waals surface area contributed by atoms with Gasteiger partial charge in [0.2, 0.25) is 10.0 Å². The molecule has 0 unspecified atom stereocenters. The number of carbonyl (C=O) groups excluding carboxylic acids is 1. The van der Waals surface area contributed by atoms with Gasteiger partial charge >= 0.3 is 0 Å². The standard InChI is InChI=1S/C16H21ClN2O6S2/c17-14-4-3-11(16(20)19-12-5-7-26(21,22)10-12)8-15(14)27(23,24)18-9-13-2-1-6-25-13/h3-4,8,12-13,18H,1-2,5-7,9-10H2,(H,19,20)/t12-,13-/m1/s1. The van der Waals surface area contributed by atoms with Crippen LogP contribution in [0, 0.1) is 0 Å². The van der Waals surface area contributed by atoms with Gasteiger partial charge in [-0.2, -0.15) is 0 Å². The van der Waals surface area contributed by atoms with E-state index in [0.29, 0.717) is 13.0 Å². The van der Waals surface area contributed by atoms with Crippen molar-refractivity contribution in [2.75, 3.05) is 24.7 Å². The predicted octanol–water partition coefficient (Wildman–Crippen LogP) is 0.714. The van der Waals surface area contributed by atoms with Gasteiger partial charge in [0.05, 0.1) is 22.6 Å². The van der Waals surface area contributed by atoms with Gasteiger partial charge in [0.1, 0.15) is 4.90 Å². The number of amides is 1. The van der Waals surface area contributed by atoms with E-state index in [9.17, 15) is 21.6 Å². The number of hydrogen-bond donors (Lipinski definition) is 2. The number of ether oxygens (including phenoxy) is 1. The summed E-state index contributed by atoms with van der Waals surface area (Å²) in [6, 6.07) is 3.46. The van der Waals surface area contributed by atoms with Gasteiger partial charge in [0.25, 0.3) is 5.91 Å². The zero-order chi connectivity index (χ0) is 19.7. The van der Waals surface area contributed by atoms with Crippen LogP contribution in [0.2, 0.25) is 5.02 Å². The third-order valence-corrected chi connectivity index (χ3v) is 8.25. The molecule has 2 aliphatic rings. The molecule has 2 atom stereocenters. The Morgan fingerprint density at radius 2 is 2.07 bits per heavy atom. The first-order valence-corrected chi connectivity index (χ1v) is 12.3. The van der Waals surface area contributed by atoms with Crippen molar-refractivity contribution in [3.63, 3.8) is 0 Å². The smallest absolute Gasteiger partial charge is 0.251 e. The fourth-order valence-electron chi connectivity index (χ4n) is 3.11. The van der Waals surface area contributed by atoms with Crippen LogP contribution in [0.5, 0.6) is 0 Å². The number of rotatable bonds is 6. The van der Waals surface area contributed by atoms with Crippen LogP contribution in [0.15, 0.2) is 23.1 Å². The molecule has 0 saturated carbocycles. The van der Waals surface area contributed by atoms with Crippen LogP contribution in [0.25, 0.3) is 0 Å². The molecule has 2 saturated heterocycles. The van der Waals surface area contributed by atoms with Crippen molar-refractivity contribution in [3.8, 4) is 0 Å². The molecule has 2 fully saturated rings. The van der Waals surface area contributed by atoms with E-state index < -0.39 is 31.8 Å². The molecule has 1 aromatic carbocycles. The summed E-state index contributed by atoms with van der Waals surface area (Å²) in [7, 11) is -7.05. The topological polar surface area (TPSA) is 119 Å². The molecule has 0 spiro atoms. The SMILES string of the molecule is O=C(N[C@@H]1CCS(=O)(=O)C1)c1ccc(Cl)c(S(=O)(=O)NC[C@H]2CCCO2)c1. The van der Waals surface area contributed by atoms with Crippen LogP contribution in [0.1, 0.15) is 29.6 Å². The van der Waals surface area contributed by atoms with Crippen LogP contribution in [-0.2, 0) is 24.6 Å². The van der Waals surface area contributed by atoms with E-state index in [4.69, 9.17) is 16.3 Å². The lowest BCUT2D eigenvalue weighted by Crippen LogP contribution is -2.36. The minimum atomic E-state index is -3.92. The molecule has 27 heavy (non-hydrogen) atoms. The highest BCUT2D eigenvalue weighted by Gasteiger charge is 2.30. The number of sulfone groups is 1. The van der Waals surface area contributed by atoms with Crippen LogP contribution in [0.3, 0.4) is 0 Å². The Kier molecular flexibility index (Phi) is 6.11. The van der Waals surface area contributed by atoms with Gasteiger partial charge in [-0.3, -0.25) is 4.79 Å². The monoisotopic (exact) mass is 436 g/mol. The Morgan fingerprint density at radius 1 is 1.30 bits per heavy atom. The fourth-order valence-corrected chi connectivity index (χ4v) is 6.38. The maximum atomic E-state index is 12.6. The number of benzene rings is 1. The summed E-state index contributed by atoms with van der Waals surface area (Å²) in [5.74, 6) is -0.615. The maximum Gasteiger partial charge on any atom is 0.251 e. The molecule has 0 aliphatic carbocycles. The zero-order valence-electron chi connectivity index (χ0n) is 14.5. The second-order valence-electron chi connectivity index (χ2n) is 6.71. The summed E-state index contributed by atoms with van der Waals surface area (Å²) in [6.07, 6.45) is 1.84. The average Bonchev–Trinajstić information content (AvgIpc) is 3.22. The second kappa shape index (κ2) is 8.04. The molecule has 3 rings (SSSR count). The molecule has 2 aliphatic heterocycles. The van der Waals surface area contributed by atoms with Crippen LogP contribution in [-0.4, -0.2) is 59.5 Å². The van der Waals surface area contributed by atoms with E-state index in [-0.39, 0.29) is 39.6 Å². The van der Waals surface area contributed by atoms with Gasteiger partial charge < -0.3 is 10.1 Å². The van der Waals surface area contributed by atoms with E-state index in [1.807, 2.05) is 0 Å². The van der Waals surface area contributed by atoms with Gasteiger partial charge in [0.15, 0.2) is 9.84 Å². The first-order valence-electron chi connectivity index (χ1n) is 8.58. The zero-order valence-corrected chi connectivity index (χ0v) is 16.9. The summed E-state index contributed by atoms with van der Waals surface area (Å²) in [5, 5.41) is 2.62. The Morgan fingerprint density at radius 3 is 2.70 bits per heavy atom. The van der Waals surface area contributed by atoms with Gasteiger partial charge in [0, 0.05) is 24.8 Å². The van der Waals surface area contributed by atoms with Gasteiger partial charge in [-0.1, -0.05) is 11.6 Å². The van der Waals surface area contributed by atoms with E-state index in [1.54, 1.807) is 0 Å². The molecular formula is C16H21ClN2O6S2. The minimum Gasteiger partial charge on any atom is -0.377 e. The van der Waals surface area contributed by atoms with Gasteiger partial charge in [-0.05, 0) is 37.5 Å². The Balaban J connectivity index is 1.72. The number of carbonyl (C=O) groups is 1. The molecule has 2 heterocycles. The first-order chi connectivity index (χ1) is 12.7. The van der Waals surface area contributed by atoms with Crippen LogP contribution >= 0.6 is 11.6 Å². The molecule has 0 radical (unpaired) electrons. The molecular weight excluding hydrogens is 416 g/mol. The highest BCUT2D eigenvalue weighted by molar-refractivity contribution is 7.91. The van der Waals surface area contributed by atoms with Crippen molar-refractivity contribution in [2.45, 2.75) is 36.3 Å². The summed E-state index contributed by atoms with van der Waals surface area (Å²) in [4.78, 5) is 12.2. The Bertz CT molecular complexity index is 926. The van der Waals surface area contributed by atoms with Crippen molar-refractivity contribution < 1.29 is 26.4 Å². The highest BCUT2D eigenvalue weighted by atomic mass is 35.5. The highest BCUT2D eigenvalue weighted by Crippen LogP contribution is 2.23. The van der Waals surface area contributed by atoms with Gasteiger partial charge in [-0.25, -0.2) is 21.6 Å². The Labute approximate surface area is 163 Å². The average molecular weight is 437 g/mol. The van der Waals surface area contributed by atoms with Crippen LogP contribution < -0.4 is 10.0 Å². The number of sulfonamides is 1. The van der Waals surface area contributed by atoms with Gasteiger partial charge in [-0.15, -0.1) is 0 Å². The largest absolute Gasteiger partial charge is 0.377 e. The maximum absolute atomic E-state index is 12.6. The molecule has 150 valence electrons. The summed E-state index contributed by atoms with van der Waals surface area (Å²) >= 11 is 6.03. The lowest BCUT2D eigenvalue weighted by atomic mass is 10.2. The predicted molar refractivity (Wildman–Crippen MR) is 100 cm³/mol. The van der Waals surface area contributed by atoms with Crippen molar-refractivity contribution >= 4 is 37.4 Å². The summed E-state index contributed by atoms with van der Waals surface area (Å²) < 4.78 is 56.0. The van der Waals surface area contributed by atoms with E-state index >= 15 is 0 Å².